The lowest BCUT2D eigenvalue weighted by molar-refractivity contribution is -0.142. The van der Waals surface area contributed by atoms with Crippen molar-refractivity contribution in [2.75, 3.05) is 19.8 Å². The zero-order chi connectivity index (χ0) is 15.6. The van der Waals surface area contributed by atoms with E-state index in [1.54, 1.807) is 4.90 Å². The second kappa shape index (κ2) is 6.22. The van der Waals surface area contributed by atoms with Crippen molar-refractivity contribution in [3.63, 3.8) is 0 Å². The van der Waals surface area contributed by atoms with Crippen LogP contribution < -0.4 is 5.32 Å². The lowest BCUT2D eigenvalue weighted by atomic mass is 9.92. The fourth-order valence-electron chi connectivity index (χ4n) is 3.43. The highest BCUT2D eigenvalue weighted by Gasteiger charge is 2.40. The van der Waals surface area contributed by atoms with Crippen LogP contribution in [0.25, 0.3) is 0 Å². The minimum Gasteiger partial charge on any atom is -0.481 e. The Morgan fingerprint density at radius 2 is 2.10 bits per heavy atom. The maximum atomic E-state index is 12.5. The van der Waals surface area contributed by atoms with Gasteiger partial charge in [0.05, 0.1) is 19.3 Å². The Balaban J connectivity index is 1.97. The molecule has 1 saturated carbocycles. The molecule has 2 amide bonds. The summed E-state index contributed by atoms with van der Waals surface area (Å²) in [6.07, 6.45) is 3.06. The molecule has 0 bridgehead atoms. The van der Waals surface area contributed by atoms with Gasteiger partial charge in [0.15, 0.2) is 0 Å². The van der Waals surface area contributed by atoms with Crippen LogP contribution in [0.3, 0.4) is 0 Å². The first-order valence-corrected chi connectivity index (χ1v) is 7.72. The maximum absolute atomic E-state index is 12.5. The van der Waals surface area contributed by atoms with E-state index in [9.17, 15) is 14.7 Å². The number of carbonyl (C=O) groups is 2. The molecule has 1 heterocycles. The lowest BCUT2D eigenvalue weighted by Gasteiger charge is -2.31. The largest absolute Gasteiger partial charge is 0.481 e. The predicted octanol–water partition coefficient (Wildman–Crippen LogP) is 1.70. The van der Waals surface area contributed by atoms with Gasteiger partial charge in [0.25, 0.3) is 0 Å². The third kappa shape index (κ3) is 3.67. The Kier molecular flexibility index (Phi) is 4.76. The van der Waals surface area contributed by atoms with E-state index in [-0.39, 0.29) is 30.1 Å². The number of amides is 2. The number of ether oxygens (including phenoxy) is 1. The van der Waals surface area contributed by atoms with E-state index in [0.717, 1.165) is 19.3 Å². The molecule has 0 aromatic carbocycles. The number of likely N-dealkylation sites (N-methyl/N-ethyl adjacent to an activating group) is 1. The molecule has 6 heteroatoms. The molecule has 21 heavy (non-hydrogen) atoms. The van der Waals surface area contributed by atoms with Gasteiger partial charge in [-0.2, -0.15) is 0 Å². The summed E-state index contributed by atoms with van der Waals surface area (Å²) in [6.45, 7) is 7.26. The summed E-state index contributed by atoms with van der Waals surface area (Å²) >= 11 is 0. The fraction of sp³-hybridized carbons (Fsp3) is 0.867. The van der Waals surface area contributed by atoms with Gasteiger partial charge >= 0.3 is 12.0 Å². The molecule has 1 aliphatic heterocycles. The first kappa shape index (κ1) is 16.1. The van der Waals surface area contributed by atoms with Gasteiger partial charge in [0.2, 0.25) is 0 Å². The smallest absolute Gasteiger partial charge is 0.317 e. The van der Waals surface area contributed by atoms with E-state index in [2.05, 4.69) is 19.2 Å². The number of aliphatic carboxylic acids is 1. The molecule has 2 N–H and O–H groups in total. The summed E-state index contributed by atoms with van der Waals surface area (Å²) < 4.78 is 5.26. The molecule has 2 fully saturated rings. The monoisotopic (exact) mass is 298 g/mol. The Labute approximate surface area is 125 Å². The van der Waals surface area contributed by atoms with Crippen molar-refractivity contribution in [2.45, 2.75) is 52.1 Å². The molecule has 6 nitrogen and oxygen atoms in total. The minimum atomic E-state index is -0.897. The quantitative estimate of drug-likeness (QED) is 0.828. The molecule has 0 aromatic rings. The van der Waals surface area contributed by atoms with Crippen LogP contribution in [0.2, 0.25) is 0 Å². The number of nitrogens with zero attached hydrogens (tertiary/aromatic N) is 1. The van der Waals surface area contributed by atoms with Crippen LogP contribution in [0, 0.1) is 11.3 Å². The maximum Gasteiger partial charge on any atom is 0.317 e. The number of rotatable bonds is 4. The van der Waals surface area contributed by atoms with Gasteiger partial charge in [-0.3, -0.25) is 4.79 Å². The number of urea groups is 1. The number of carboxylic acid groups (broad SMARTS) is 1. The first-order valence-electron chi connectivity index (χ1n) is 7.72. The van der Waals surface area contributed by atoms with Crippen LogP contribution in [0.15, 0.2) is 0 Å². The number of carboxylic acids is 1. The van der Waals surface area contributed by atoms with E-state index in [0.29, 0.717) is 13.2 Å². The molecule has 1 saturated heterocycles. The van der Waals surface area contributed by atoms with E-state index < -0.39 is 11.9 Å². The highest BCUT2D eigenvalue weighted by molar-refractivity contribution is 5.77. The van der Waals surface area contributed by atoms with Gasteiger partial charge in [-0.15, -0.1) is 0 Å². The average molecular weight is 298 g/mol. The average Bonchev–Trinajstić information content (AvgIpc) is 2.97. The summed E-state index contributed by atoms with van der Waals surface area (Å²) in [7, 11) is 0. The third-order valence-corrected chi connectivity index (χ3v) is 4.67. The minimum absolute atomic E-state index is 0.165. The van der Waals surface area contributed by atoms with E-state index in [1.165, 1.54) is 0 Å². The predicted molar refractivity (Wildman–Crippen MR) is 78.1 cm³/mol. The highest BCUT2D eigenvalue weighted by atomic mass is 16.5. The zero-order valence-corrected chi connectivity index (χ0v) is 13.1. The zero-order valence-electron chi connectivity index (χ0n) is 13.1. The van der Waals surface area contributed by atoms with Gasteiger partial charge in [-0.05, 0) is 31.6 Å². The highest BCUT2D eigenvalue weighted by Crippen LogP contribution is 2.37. The van der Waals surface area contributed by atoms with Crippen molar-refractivity contribution in [3.8, 4) is 0 Å². The number of nitrogens with one attached hydrogen (secondary N) is 1. The summed E-state index contributed by atoms with van der Waals surface area (Å²) in [5.41, 5.74) is 0.273. The van der Waals surface area contributed by atoms with Crippen molar-refractivity contribution >= 4 is 12.0 Å². The van der Waals surface area contributed by atoms with Crippen molar-refractivity contribution in [3.05, 3.63) is 0 Å². The third-order valence-electron chi connectivity index (χ3n) is 4.67. The molecular formula is C15H26N2O4. The van der Waals surface area contributed by atoms with E-state index in [4.69, 9.17) is 4.74 Å². The van der Waals surface area contributed by atoms with Crippen molar-refractivity contribution in [1.82, 2.24) is 10.2 Å². The summed E-state index contributed by atoms with van der Waals surface area (Å²) in [5, 5.41) is 12.3. The van der Waals surface area contributed by atoms with Crippen molar-refractivity contribution in [2.24, 2.45) is 11.3 Å². The fourth-order valence-corrected chi connectivity index (χ4v) is 3.43. The second-order valence-corrected chi connectivity index (χ2v) is 6.89. The van der Waals surface area contributed by atoms with Crippen LogP contribution in [0.5, 0.6) is 0 Å². The molecular weight excluding hydrogens is 272 g/mol. The SMILES string of the molecule is CCN(C(=O)NC1CCC(C)(C)C1)C1COCC1C(=O)O. The topological polar surface area (TPSA) is 78.9 Å². The molecule has 0 spiro atoms. The van der Waals surface area contributed by atoms with E-state index in [1.807, 2.05) is 6.92 Å². The van der Waals surface area contributed by atoms with Gasteiger partial charge in [-0.1, -0.05) is 13.8 Å². The lowest BCUT2D eigenvalue weighted by Crippen LogP contribution is -2.52. The Morgan fingerprint density at radius 1 is 1.38 bits per heavy atom. The van der Waals surface area contributed by atoms with Gasteiger partial charge in [0.1, 0.15) is 5.92 Å². The summed E-state index contributed by atoms with van der Waals surface area (Å²) in [5.74, 6) is -1.53. The molecule has 2 aliphatic rings. The molecule has 0 radical (unpaired) electrons. The first-order chi connectivity index (χ1) is 9.84. The molecule has 3 atom stereocenters. The van der Waals surface area contributed by atoms with E-state index >= 15 is 0 Å². The normalized spacial score (nSPS) is 31.1. The molecule has 1 aliphatic carbocycles. The van der Waals surface area contributed by atoms with Crippen molar-refractivity contribution in [1.29, 1.82) is 0 Å². The van der Waals surface area contributed by atoms with Crippen LogP contribution in [0.1, 0.15) is 40.0 Å². The number of carbonyl (C=O) groups excluding carboxylic acids is 1. The number of hydrogen-bond acceptors (Lipinski definition) is 3. The standard InChI is InChI=1S/C15H26N2O4/c1-4-17(12-9-21-8-11(12)13(18)19)14(20)16-10-5-6-15(2,3)7-10/h10-12H,4-9H2,1-3H3,(H,16,20)(H,18,19). The summed E-state index contributed by atoms with van der Waals surface area (Å²) in [6, 6.07) is -0.351. The van der Waals surface area contributed by atoms with Crippen molar-refractivity contribution < 1.29 is 19.4 Å². The van der Waals surface area contributed by atoms with Gasteiger partial charge in [0, 0.05) is 12.6 Å². The van der Waals surface area contributed by atoms with Crippen LogP contribution >= 0.6 is 0 Å². The molecule has 0 aromatic heterocycles. The molecule has 3 unspecified atom stereocenters. The van der Waals surface area contributed by atoms with Gasteiger partial charge < -0.3 is 20.1 Å². The molecule has 2 rings (SSSR count). The second-order valence-electron chi connectivity index (χ2n) is 6.89. The van der Waals surface area contributed by atoms with Gasteiger partial charge in [-0.25, -0.2) is 4.79 Å². The van der Waals surface area contributed by atoms with Crippen LogP contribution in [0.4, 0.5) is 4.79 Å². The van der Waals surface area contributed by atoms with Crippen LogP contribution in [-0.2, 0) is 9.53 Å². The molecule has 120 valence electrons. The Morgan fingerprint density at radius 3 is 2.62 bits per heavy atom. The Hall–Kier alpha value is -1.30. The number of hydrogen-bond donors (Lipinski definition) is 2. The van der Waals surface area contributed by atoms with Crippen LogP contribution in [-0.4, -0.2) is 53.8 Å². The Bertz CT molecular complexity index is 410. The summed E-state index contributed by atoms with van der Waals surface area (Å²) in [4.78, 5) is 25.3.